The van der Waals surface area contributed by atoms with Gasteiger partial charge in [-0.25, -0.2) is 4.98 Å². The summed E-state index contributed by atoms with van der Waals surface area (Å²) in [5.74, 6) is 1.02. The minimum absolute atomic E-state index is 0. The molecule has 0 bridgehead atoms. The van der Waals surface area contributed by atoms with Gasteiger partial charge in [-0.05, 0) is 56.8 Å². The SMILES string of the molecule is CCn1ccnc1CN(C(=O)c1cccnc1)C1CC12CCNCC2.Cl.Cl. The van der Waals surface area contributed by atoms with Crippen LogP contribution >= 0.6 is 24.8 Å². The second kappa shape index (κ2) is 9.04. The first kappa shape index (κ1) is 21.7. The lowest BCUT2D eigenvalue weighted by molar-refractivity contribution is 0.0684. The van der Waals surface area contributed by atoms with E-state index >= 15 is 0 Å². The summed E-state index contributed by atoms with van der Waals surface area (Å²) in [5, 5.41) is 3.43. The Kier molecular flexibility index (Phi) is 7.25. The highest BCUT2D eigenvalue weighted by Crippen LogP contribution is 2.56. The van der Waals surface area contributed by atoms with Gasteiger partial charge in [0.2, 0.25) is 0 Å². The van der Waals surface area contributed by atoms with Crippen LogP contribution in [-0.4, -0.2) is 44.5 Å². The lowest BCUT2D eigenvalue weighted by Crippen LogP contribution is -2.39. The Morgan fingerprint density at radius 2 is 2.11 bits per heavy atom. The molecule has 0 aromatic carbocycles. The third-order valence-electron chi connectivity index (χ3n) is 5.75. The summed E-state index contributed by atoms with van der Waals surface area (Å²) in [5.41, 5.74) is 0.959. The average Bonchev–Trinajstić information content (AvgIpc) is 3.14. The summed E-state index contributed by atoms with van der Waals surface area (Å²) in [6.07, 6.45) is 10.6. The molecule has 2 aliphatic rings. The number of aromatic nitrogens is 3. The number of amides is 1. The molecule has 8 heteroatoms. The second-order valence-corrected chi connectivity index (χ2v) is 7.14. The maximum absolute atomic E-state index is 13.2. The Labute approximate surface area is 172 Å². The summed E-state index contributed by atoms with van der Waals surface area (Å²) in [7, 11) is 0. The highest BCUT2D eigenvalue weighted by atomic mass is 35.5. The van der Waals surface area contributed by atoms with E-state index in [0.717, 1.165) is 44.7 Å². The fraction of sp³-hybridized carbons (Fsp3) is 0.526. The molecule has 148 valence electrons. The van der Waals surface area contributed by atoms with E-state index in [9.17, 15) is 4.79 Å². The van der Waals surface area contributed by atoms with Crippen molar-refractivity contribution in [2.24, 2.45) is 5.41 Å². The Morgan fingerprint density at radius 3 is 2.78 bits per heavy atom. The number of hydrogen-bond acceptors (Lipinski definition) is 4. The standard InChI is InChI=1S/C19H25N5O.2ClH/c1-2-23-11-10-22-17(23)14-24(18(25)15-4-3-7-21-13-15)16-12-19(16)5-8-20-9-6-19;;/h3-4,7,10-11,13,16,20H,2,5-6,8-9,12,14H2,1H3;2*1H. The lowest BCUT2D eigenvalue weighted by atomic mass is 9.93. The van der Waals surface area contributed by atoms with Crippen molar-refractivity contribution < 1.29 is 4.79 Å². The van der Waals surface area contributed by atoms with Gasteiger partial charge in [0.25, 0.3) is 5.91 Å². The largest absolute Gasteiger partial charge is 0.334 e. The molecule has 1 saturated heterocycles. The molecule has 0 radical (unpaired) electrons. The fourth-order valence-electron chi connectivity index (χ4n) is 4.14. The summed E-state index contributed by atoms with van der Waals surface area (Å²) in [6.45, 7) is 5.63. The number of hydrogen-bond donors (Lipinski definition) is 1. The van der Waals surface area contributed by atoms with Crippen LogP contribution in [0.15, 0.2) is 36.9 Å². The van der Waals surface area contributed by atoms with Gasteiger partial charge in [0.05, 0.1) is 12.1 Å². The summed E-state index contributed by atoms with van der Waals surface area (Å²) in [4.78, 5) is 23.9. The molecule has 1 amide bonds. The first-order valence-electron chi connectivity index (χ1n) is 9.15. The smallest absolute Gasteiger partial charge is 0.256 e. The third kappa shape index (κ3) is 4.28. The molecule has 1 aliphatic carbocycles. The minimum Gasteiger partial charge on any atom is -0.334 e. The molecule has 1 aliphatic heterocycles. The number of piperidine rings is 1. The number of carbonyl (C=O) groups excluding carboxylic acids is 1. The van der Waals surface area contributed by atoms with Crippen LogP contribution in [0.25, 0.3) is 0 Å². The van der Waals surface area contributed by atoms with E-state index in [1.165, 1.54) is 0 Å². The van der Waals surface area contributed by atoms with Gasteiger partial charge in [0.1, 0.15) is 5.82 Å². The van der Waals surface area contributed by atoms with Gasteiger partial charge in [-0.3, -0.25) is 9.78 Å². The molecule has 1 N–H and O–H groups in total. The summed E-state index contributed by atoms with van der Waals surface area (Å²) in [6, 6.07) is 3.99. The maximum atomic E-state index is 13.2. The number of halogens is 2. The highest BCUT2D eigenvalue weighted by Gasteiger charge is 2.57. The van der Waals surface area contributed by atoms with Crippen LogP contribution in [0.5, 0.6) is 0 Å². The van der Waals surface area contributed by atoms with E-state index in [0.29, 0.717) is 23.6 Å². The second-order valence-electron chi connectivity index (χ2n) is 7.14. The molecule has 3 heterocycles. The van der Waals surface area contributed by atoms with Crippen molar-refractivity contribution in [2.75, 3.05) is 13.1 Å². The molecular weight excluding hydrogens is 385 g/mol. The van der Waals surface area contributed by atoms with E-state index in [-0.39, 0.29) is 30.7 Å². The van der Waals surface area contributed by atoms with Crippen LogP contribution in [0.3, 0.4) is 0 Å². The number of pyridine rings is 1. The molecule has 1 unspecified atom stereocenters. The van der Waals surface area contributed by atoms with Crippen LogP contribution in [0.2, 0.25) is 0 Å². The van der Waals surface area contributed by atoms with Crippen molar-refractivity contribution in [3.05, 3.63) is 48.3 Å². The zero-order valence-corrected chi connectivity index (χ0v) is 17.1. The number of aryl methyl sites for hydroxylation is 1. The molecule has 1 saturated carbocycles. The zero-order chi connectivity index (χ0) is 17.3. The minimum atomic E-state index is 0. The third-order valence-corrected chi connectivity index (χ3v) is 5.75. The molecule has 27 heavy (non-hydrogen) atoms. The predicted molar refractivity (Wildman–Crippen MR) is 109 cm³/mol. The maximum Gasteiger partial charge on any atom is 0.256 e. The summed E-state index contributed by atoms with van der Waals surface area (Å²) < 4.78 is 2.11. The quantitative estimate of drug-likeness (QED) is 0.821. The molecular formula is C19H27Cl2N5O. The molecule has 2 fully saturated rings. The van der Waals surface area contributed by atoms with Crippen LogP contribution in [0.4, 0.5) is 0 Å². The molecule has 6 nitrogen and oxygen atoms in total. The Hall–Kier alpha value is -1.63. The van der Waals surface area contributed by atoms with Crippen LogP contribution < -0.4 is 5.32 Å². The molecule has 1 spiro atoms. The van der Waals surface area contributed by atoms with Crippen molar-refractivity contribution in [1.29, 1.82) is 0 Å². The molecule has 2 aromatic heterocycles. The number of rotatable bonds is 5. The number of nitrogens with zero attached hydrogens (tertiary/aromatic N) is 4. The van der Waals surface area contributed by atoms with Crippen LogP contribution in [-0.2, 0) is 13.1 Å². The Balaban J connectivity index is 0.00000131. The van der Waals surface area contributed by atoms with Crippen molar-refractivity contribution in [2.45, 2.75) is 45.3 Å². The highest BCUT2D eigenvalue weighted by molar-refractivity contribution is 5.94. The topological polar surface area (TPSA) is 63.1 Å². The normalized spacial score (nSPS) is 19.7. The van der Waals surface area contributed by atoms with Gasteiger partial charge in [-0.2, -0.15) is 0 Å². The average molecular weight is 412 g/mol. The van der Waals surface area contributed by atoms with Crippen molar-refractivity contribution in [3.63, 3.8) is 0 Å². The molecule has 2 aromatic rings. The van der Waals surface area contributed by atoms with E-state index in [1.807, 2.05) is 29.4 Å². The Bertz CT molecular complexity index is 746. The van der Waals surface area contributed by atoms with Crippen molar-refractivity contribution in [1.82, 2.24) is 24.8 Å². The van der Waals surface area contributed by atoms with E-state index in [4.69, 9.17) is 0 Å². The predicted octanol–water partition coefficient (Wildman–Crippen LogP) is 2.93. The van der Waals surface area contributed by atoms with Gasteiger partial charge in [-0.15, -0.1) is 24.8 Å². The van der Waals surface area contributed by atoms with Crippen LogP contribution in [0.1, 0.15) is 42.4 Å². The number of imidazole rings is 1. The number of carbonyl (C=O) groups is 1. The number of nitrogens with one attached hydrogen (secondary N) is 1. The van der Waals surface area contributed by atoms with Gasteiger partial charge in [0.15, 0.2) is 0 Å². The zero-order valence-electron chi connectivity index (χ0n) is 15.5. The summed E-state index contributed by atoms with van der Waals surface area (Å²) >= 11 is 0. The monoisotopic (exact) mass is 411 g/mol. The van der Waals surface area contributed by atoms with Crippen molar-refractivity contribution in [3.8, 4) is 0 Å². The van der Waals surface area contributed by atoms with Crippen molar-refractivity contribution >= 4 is 30.7 Å². The molecule has 1 atom stereocenters. The fourth-order valence-corrected chi connectivity index (χ4v) is 4.14. The van der Waals surface area contributed by atoms with E-state index in [1.54, 1.807) is 12.4 Å². The van der Waals surface area contributed by atoms with Gasteiger partial charge >= 0.3 is 0 Å². The van der Waals surface area contributed by atoms with Gasteiger partial charge < -0.3 is 14.8 Å². The van der Waals surface area contributed by atoms with Crippen LogP contribution in [0, 0.1) is 5.41 Å². The van der Waals surface area contributed by atoms with E-state index < -0.39 is 0 Å². The van der Waals surface area contributed by atoms with E-state index in [2.05, 4.69) is 26.8 Å². The molecule has 4 rings (SSSR count). The Morgan fingerprint density at radius 1 is 1.33 bits per heavy atom. The first-order valence-corrected chi connectivity index (χ1v) is 9.15. The lowest BCUT2D eigenvalue weighted by Gasteiger charge is -2.29. The van der Waals surface area contributed by atoms with Gasteiger partial charge in [-0.1, -0.05) is 0 Å². The van der Waals surface area contributed by atoms with Gasteiger partial charge in [0, 0.05) is 37.4 Å². The first-order chi connectivity index (χ1) is 12.2.